The number of nitrogens with zero attached hydrogens (tertiary/aromatic N) is 2. The van der Waals surface area contributed by atoms with E-state index in [1.165, 1.54) is 0 Å². The summed E-state index contributed by atoms with van der Waals surface area (Å²) in [6.07, 6.45) is 4.20. The molecule has 0 unspecified atom stereocenters. The number of hydrogen-bond acceptors (Lipinski definition) is 3. The monoisotopic (exact) mass is 313 g/mol. The maximum atomic E-state index is 12.4. The van der Waals surface area contributed by atoms with Crippen molar-refractivity contribution in [2.24, 2.45) is 0 Å². The molecule has 1 aliphatic heterocycles. The number of halogens is 1. The van der Waals surface area contributed by atoms with Crippen molar-refractivity contribution in [1.29, 1.82) is 0 Å². The molecule has 1 saturated heterocycles. The van der Waals surface area contributed by atoms with Crippen molar-refractivity contribution in [3.63, 3.8) is 0 Å². The van der Waals surface area contributed by atoms with Gasteiger partial charge in [-0.05, 0) is 33.1 Å². The summed E-state index contributed by atoms with van der Waals surface area (Å²) in [5, 5.41) is 7.78. The van der Waals surface area contributed by atoms with E-state index in [2.05, 4.69) is 17.3 Å². The summed E-state index contributed by atoms with van der Waals surface area (Å²) in [5.41, 5.74) is 1.16. The lowest BCUT2D eigenvalue weighted by molar-refractivity contribution is 0.0712. The number of nitrogens with one attached hydrogen (secondary N) is 1. The molecule has 2 atom stereocenters. The average Bonchev–Trinajstić information content (AvgIpc) is 3.05. The lowest BCUT2D eigenvalue weighted by Crippen LogP contribution is -2.41. The van der Waals surface area contributed by atoms with Gasteiger partial charge in [0.2, 0.25) is 0 Å². The fraction of sp³-hybridized carbons (Fsp3) is 0.733. The Bertz CT molecular complexity index is 495. The molecule has 1 amide bonds. The Morgan fingerprint density at radius 1 is 1.62 bits per heavy atom. The number of rotatable bonds is 6. The van der Waals surface area contributed by atoms with E-state index < -0.39 is 0 Å². The van der Waals surface area contributed by atoms with Crippen LogP contribution in [0, 0.1) is 6.92 Å². The first-order valence-electron chi connectivity index (χ1n) is 7.70. The summed E-state index contributed by atoms with van der Waals surface area (Å²) < 4.78 is 7.32. The first kappa shape index (κ1) is 16.3. The van der Waals surface area contributed by atoms with Gasteiger partial charge in [0, 0.05) is 13.2 Å². The molecule has 1 aliphatic rings. The van der Waals surface area contributed by atoms with E-state index in [1.54, 1.807) is 4.68 Å². The van der Waals surface area contributed by atoms with E-state index in [9.17, 15) is 4.79 Å². The predicted octanol–water partition coefficient (Wildman–Crippen LogP) is 2.94. The van der Waals surface area contributed by atoms with Crippen LogP contribution in [-0.2, 0) is 11.3 Å². The van der Waals surface area contributed by atoms with Crippen molar-refractivity contribution in [2.75, 3.05) is 6.61 Å². The second-order valence-corrected chi connectivity index (χ2v) is 6.00. The molecule has 1 fully saturated rings. The van der Waals surface area contributed by atoms with E-state index >= 15 is 0 Å². The largest absolute Gasteiger partial charge is 0.376 e. The Hall–Kier alpha value is -1.07. The molecule has 0 spiro atoms. The van der Waals surface area contributed by atoms with Crippen molar-refractivity contribution in [1.82, 2.24) is 15.1 Å². The van der Waals surface area contributed by atoms with Crippen molar-refractivity contribution in [3.8, 4) is 0 Å². The van der Waals surface area contributed by atoms with Gasteiger partial charge in [-0.25, -0.2) is 0 Å². The zero-order valence-electron chi connectivity index (χ0n) is 13.0. The molecule has 21 heavy (non-hydrogen) atoms. The minimum absolute atomic E-state index is 0.0190. The average molecular weight is 314 g/mol. The van der Waals surface area contributed by atoms with Crippen LogP contribution in [0.25, 0.3) is 0 Å². The summed E-state index contributed by atoms with van der Waals surface area (Å²) >= 11 is 6.31. The Balaban J connectivity index is 2.06. The van der Waals surface area contributed by atoms with Gasteiger partial charge in [0.15, 0.2) is 0 Å². The molecule has 118 valence electrons. The van der Waals surface area contributed by atoms with Crippen molar-refractivity contribution < 1.29 is 9.53 Å². The number of aryl methyl sites for hydroxylation is 2. The zero-order chi connectivity index (χ0) is 15.4. The Morgan fingerprint density at radius 2 is 2.38 bits per heavy atom. The number of aromatic nitrogens is 2. The first-order valence-corrected chi connectivity index (χ1v) is 8.07. The molecular formula is C15H24ClN3O2. The third kappa shape index (κ3) is 3.77. The van der Waals surface area contributed by atoms with Gasteiger partial charge in [0.25, 0.3) is 5.91 Å². The van der Waals surface area contributed by atoms with Crippen molar-refractivity contribution in [3.05, 3.63) is 16.4 Å². The van der Waals surface area contributed by atoms with Crippen LogP contribution in [0.4, 0.5) is 0 Å². The SMILES string of the molecule is CCCCn1nc(C)c(C(=O)N[C@@H](C)[C@H]2CCCO2)c1Cl. The minimum atomic E-state index is -0.164. The van der Waals surface area contributed by atoms with Crippen LogP contribution in [0.3, 0.4) is 0 Å². The predicted molar refractivity (Wildman–Crippen MR) is 82.8 cm³/mol. The van der Waals surface area contributed by atoms with Gasteiger partial charge in [-0.3, -0.25) is 9.48 Å². The van der Waals surface area contributed by atoms with Gasteiger partial charge in [0.1, 0.15) is 5.15 Å². The van der Waals surface area contributed by atoms with Crippen LogP contribution in [0.15, 0.2) is 0 Å². The van der Waals surface area contributed by atoms with E-state index in [4.69, 9.17) is 16.3 Å². The highest BCUT2D eigenvalue weighted by Gasteiger charge is 2.26. The maximum absolute atomic E-state index is 12.4. The topological polar surface area (TPSA) is 56.2 Å². The molecule has 2 rings (SSSR count). The first-order chi connectivity index (χ1) is 10.0. The summed E-state index contributed by atoms with van der Waals surface area (Å²) in [7, 11) is 0. The van der Waals surface area contributed by atoms with Gasteiger partial charge in [-0.2, -0.15) is 5.10 Å². The fourth-order valence-corrected chi connectivity index (χ4v) is 2.98. The zero-order valence-corrected chi connectivity index (χ0v) is 13.7. The number of hydrogen-bond donors (Lipinski definition) is 1. The van der Waals surface area contributed by atoms with Crippen LogP contribution in [0.2, 0.25) is 5.15 Å². The highest BCUT2D eigenvalue weighted by molar-refractivity contribution is 6.33. The standard InChI is InChI=1S/C15H24ClN3O2/c1-4-5-8-19-14(16)13(11(3)18-19)15(20)17-10(2)12-7-6-9-21-12/h10,12H,4-9H2,1-3H3,(H,17,20)/t10-,12+/m0/s1. The number of amides is 1. The molecule has 2 heterocycles. The molecule has 0 radical (unpaired) electrons. The van der Waals surface area contributed by atoms with Crippen LogP contribution >= 0.6 is 11.6 Å². The van der Waals surface area contributed by atoms with E-state index in [0.717, 1.165) is 38.8 Å². The molecule has 5 nitrogen and oxygen atoms in total. The minimum Gasteiger partial charge on any atom is -0.376 e. The van der Waals surface area contributed by atoms with Gasteiger partial charge >= 0.3 is 0 Å². The lowest BCUT2D eigenvalue weighted by atomic mass is 10.1. The van der Waals surface area contributed by atoms with E-state index in [0.29, 0.717) is 16.4 Å². The highest BCUT2D eigenvalue weighted by Crippen LogP contribution is 2.21. The number of carbonyl (C=O) groups excluding carboxylic acids is 1. The second-order valence-electron chi connectivity index (χ2n) is 5.64. The molecule has 0 aromatic carbocycles. The molecule has 1 aromatic heterocycles. The van der Waals surface area contributed by atoms with Crippen LogP contribution in [-0.4, -0.2) is 34.4 Å². The Kier molecular flexibility index (Phi) is 5.65. The molecule has 6 heteroatoms. The summed E-state index contributed by atoms with van der Waals surface area (Å²) in [4.78, 5) is 12.4. The van der Waals surface area contributed by atoms with Gasteiger partial charge in [-0.15, -0.1) is 0 Å². The smallest absolute Gasteiger partial charge is 0.256 e. The fourth-order valence-electron chi connectivity index (χ4n) is 2.64. The third-order valence-corrected chi connectivity index (χ3v) is 4.28. The lowest BCUT2D eigenvalue weighted by Gasteiger charge is -2.19. The molecule has 0 aliphatic carbocycles. The Morgan fingerprint density at radius 3 is 3.00 bits per heavy atom. The van der Waals surface area contributed by atoms with Crippen molar-refractivity contribution in [2.45, 2.75) is 65.1 Å². The molecule has 1 aromatic rings. The third-order valence-electron chi connectivity index (χ3n) is 3.90. The Labute approximate surface area is 131 Å². The molecule has 1 N–H and O–H groups in total. The molecule has 0 saturated carbocycles. The van der Waals surface area contributed by atoms with Gasteiger partial charge in [-0.1, -0.05) is 24.9 Å². The number of ether oxygens (including phenoxy) is 1. The summed E-state index contributed by atoms with van der Waals surface area (Å²) in [6.45, 7) is 7.42. The highest BCUT2D eigenvalue weighted by atomic mass is 35.5. The molecular weight excluding hydrogens is 290 g/mol. The number of unbranched alkanes of at least 4 members (excludes halogenated alkanes) is 1. The second kappa shape index (κ2) is 7.27. The maximum Gasteiger partial charge on any atom is 0.256 e. The van der Waals surface area contributed by atoms with Gasteiger partial charge in [0.05, 0.1) is 23.4 Å². The summed E-state index contributed by atoms with van der Waals surface area (Å²) in [5.74, 6) is -0.164. The van der Waals surface area contributed by atoms with E-state index in [1.807, 2.05) is 13.8 Å². The normalized spacial score (nSPS) is 19.7. The van der Waals surface area contributed by atoms with Gasteiger partial charge < -0.3 is 10.1 Å². The van der Waals surface area contributed by atoms with Crippen LogP contribution < -0.4 is 5.32 Å². The van der Waals surface area contributed by atoms with Crippen LogP contribution in [0.5, 0.6) is 0 Å². The van der Waals surface area contributed by atoms with E-state index in [-0.39, 0.29) is 18.1 Å². The summed E-state index contributed by atoms with van der Waals surface area (Å²) in [6, 6.07) is -0.0190. The van der Waals surface area contributed by atoms with Crippen LogP contribution in [0.1, 0.15) is 55.6 Å². The number of carbonyl (C=O) groups is 1. The molecule has 0 bridgehead atoms. The quantitative estimate of drug-likeness (QED) is 0.878. The van der Waals surface area contributed by atoms with Crippen molar-refractivity contribution >= 4 is 17.5 Å².